The average molecular weight is 322 g/mol. The molecule has 2 heterocycles. The van der Waals surface area contributed by atoms with Crippen molar-refractivity contribution in [3.05, 3.63) is 50.4 Å². The Labute approximate surface area is 129 Å². The molecule has 1 saturated carbocycles. The minimum atomic E-state index is -1.09. The SMILES string of the molecule is O=C(NCC(O)(c1cccs1)C1CC1)c1ccc([N+](=O)[O-])o1. The molecule has 2 aromatic rings. The molecule has 8 heteroatoms. The molecule has 1 atom stereocenters. The van der Waals surface area contributed by atoms with Crippen molar-refractivity contribution in [1.29, 1.82) is 0 Å². The molecular formula is C14H14N2O5S. The summed E-state index contributed by atoms with van der Waals surface area (Å²) in [5.41, 5.74) is -1.09. The van der Waals surface area contributed by atoms with E-state index in [9.17, 15) is 20.0 Å². The van der Waals surface area contributed by atoms with Gasteiger partial charge in [-0.2, -0.15) is 0 Å². The molecule has 0 spiro atoms. The second-order valence-corrected chi connectivity index (χ2v) is 6.20. The number of nitro groups is 1. The molecule has 1 aliphatic carbocycles. The summed E-state index contributed by atoms with van der Waals surface area (Å²) in [6, 6.07) is 6.06. The maximum absolute atomic E-state index is 12.0. The fourth-order valence-electron chi connectivity index (χ4n) is 2.37. The number of nitrogens with zero attached hydrogens (tertiary/aromatic N) is 1. The van der Waals surface area contributed by atoms with Gasteiger partial charge in [-0.05, 0) is 36.3 Å². The Kier molecular flexibility index (Phi) is 3.71. The van der Waals surface area contributed by atoms with Crippen molar-refractivity contribution in [2.45, 2.75) is 18.4 Å². The number of thiophene rings is 1. The Balaban J connectivity index is 1.69. The van der Waals surface area contributed by atoms with Gasteiger partial charge >= 0.3 is 5.88 Å². The van der Waals surface area contributed by atoms with Crippen LogP contribution in [0.15, 0.2) is 34.1 Å². The molecule has 2 aromatic heterocycles. The van der Waals surface area contributed by atoms with Gasteiger partial charge in [-0.15, -0.1) is 11.3 Å². The highest BCUT2D eigenvalue weighted by atomic mass is 32.1. The van der Waals surface area contributed by atoms with E-state index in [1.165, 1.54) is 17.4 Å². The van der Waals surface area contributed by atoms with Gasteiger partial charge in [0.1, 0.15) is 10.5 Å². The molecule has 22 heavy (non-hydrogen) atoms. The maximum Gasteiger partial charge on any atom is 0.433 e. The molecule has 1 amide bonds. The summed E-state index contributed by atoms with van der Waals surface area (Å²) in [4.78, 5) is 22.7. The monoisotopic (exact) mass is 322 g/mol. The lowest BCUT2D eigenvalue weighted by atomic mass is 9.95. The summed E-state index contributed by atoms with van der Waals surface area (Å²) >= 11 is 1.44. The molecule has 7 nitrogen and oxygen atoms in total. The van der Waals surface area contributed by atoms with Crippen molar-refractivity contribution in [3.8, 4) is 0 Å². The van der Waals surface area contributed by atoms with E-state index in [1.807, 2.05) is 17.5 Å². The van der Waals surface area contributed by atoms with Crippen LogP contribution in [0.25, 0.3) is 0 Å². The van der Waals surface area contributed by atoms with Gasteiger partial charge in [0.15, 0.2) is 5.76 Å². The number of rotatable bonds is 6. The summed E-state index contributed by atoms with van der Waals surface area (Å²) in [5.74, 6) is -1.09. The minimum Gasteiger partial charge on any atom is -0.395 e. The Morgan fingerprint density at radius 3 is 2.82 bits per heavy atom. The van der Waals surface area contributed by atoms with Crippen LogP contribution in [0.3, 0.4) is 0 Å². The van der Waals surface area contributed by atoms with Crippen molar-refractivity contribution in [3.63, 3.8) is 0 Å². The third-order valence-electron chi connectivity index (χ3n) is 3.71. The van der Waals surface area contributed by atoms with E-state index in [2.05, 4.69) is 5.32 Å². The fourth-order valence-corrected chi connectivity index (χ4v) is 3.27. The summed E-state index contributed by atoms with van der Waals surface area (Å²) < 4.78 is 4.85. The van der Waals surface area contributed by atoms with Gasteiger partial charge in [0.05, 0.1) is 12.6 Å². The van der Waals surface area contributed by atoms with Crippen LogP contribution < -0.4 is 5.32 Å². The molecule has 0 saturated heterocycles. The quantitative estimate of drug-likeness (QED) is 0.627. The smallest absolute Gasteiger partial charge is 0.395 e. The van der Waals surface area contributed by atoms with Gasteiger partial charge in [-0.25, -0.2) is 0 Å². The summed E-state index contributed by atoms with van der Waals surface area (Å²) in [6.45, 7) is 0.0471. The number of carbonyl (C=O) groups excluding carboxylic acids is 1. The normalized spacial score (nSPS) is 17.0. The van der Waals surface area contributed by atoms with Crippen molar-refractivity contribution in [2.24, 2.45) is 5.92 Å². The molecule has 0 aromatic carbocycles. The van der Waals surface area contributed by atoms with Crippen LogP contribution in [0.2, 0.25) is 0 Å². The first-order chi connectivity index (χ1) is 10.5. The van der Waals surface area contributed by atoms with Crippen LogP contribution in [-0.4, -0.2) is 22.5 Å². The van der Waals surface area contributed by atoms with Gasteiger partial charge in [0.25, 0.3) is 5.91 Å². The van der Waals surface area contributed by atoms with E-state index in [0.29, 0.717) is 0 Å². The van der Waals surface area contributed by atoms with Gasteiger partial charge in [0.2, 0.25) is 0 Å². The zero-order valence-corrected chi connectivity index (χ0v) is 12.3. The van der Waals surface area contributed by atoms with E-state index in [-0.39, 0.29) is 18.2 Å². The second-order valence-electron chi connectivity index (χ2n) is 5.25. The number of hydrogen-bond acceptors (Lipinski definition) is 6. The first-order valence-corrected chi connectivity index (χ1v) is 7.67. The fraction of sp³-hybridized carbons (Fsp3) is 0.357. The molecule has 1 fully saturated rings. The third-order valence-corrected chi connectivity index (χ3v) is 4.75. The summed E-state index contributed by atoms with van der Waals surface area (Å²) in [5, 5.41) is 25.9. The number of nitrogens with one attached hydrogen (secondary N) is 1. The lowest BCUT2D eigenvalue weighted by molar-refractivity contribution is -0.402. The summed E-state index contributed by atoms with van der Waals surface area (Å²) in [7, 11) is 0. The predicted octanol–water partition coefficient (Wildman–Crippen LogP) is 2.28. The van der Waals surface area contributed by atoms with Gasteiger partial charge in [0, 0.05) is 4.88 Å². The summed E-state index contributed by atoms with van der Waals surface area (Å²) in [6.07, 6.45) is 1.83. The standard InChI is InChI=1S/C14H14N2O5S/c17-13(10-5-6-12(21-10)16(19)20)15-8-14(18,9-3-4-9)11-2-1-7-22-11/h1-2,5-7,9,18H,3-4,8H2,(H,15,17). The molecule has 3 rings (SSSR count). The number of hydrogen-bond donors (Lipinski definition) is 2. The first-order valence-electron chi connectivity index (χ1n) is 6.79. The number of carbonyl (C=O) groups is 1. The largest absolute Gasteiger partial charge is 0.433 e. The van der Waals surface area contributed by atoms with E-state index < -0.39 is 22.3 Å². The molecule has 116 valence electrons. The van der Waals surface area contributed by atoms with Crippen LogP contribution in [0.5, 0.6) is 0 Å². The Morgan fingerprint density at radius 2 is 2.27 bits per heavy atom. The molecular weight excluding hydrogens is 308 g/mol. The van der Waals surface area contributed by atoms with Gasteiger partial charge in [-0.3, -0.25) is 14.9 Å². The van der Waals surface area contributed by atoms with Gasteiger partial charge < -0.3 is 14.8 Å². The zero-order valence-electron chi connectivity index (χ0n) is 11.5. The molecule has 1 aliphatic rings. The molecule has 0 bridgehead atoms. The van der Waals surface area contributed by atoms with Crippen LogP contribution in [0, 0.1) is 16.0 Å². The number of amides is 1. The topological polar surface area (TPSA) is 106 Å². The molecule has 2 N–H and O–H groups in total. The maximum atomic E-state index is 12.0. The van der Waals surface area contributed by atoms with E-state index >= 15 is 0 Å². The Bertz CT molecular complexity index is 692. The first kappa shape index (κ1) is 14.7. The zero-order chi connectivity index (χ0) is 15.7. The molecule has 0 radical (unpaired) electrons. The van der Waals surface area contributed by atoms with Crippen LogP contribution in [-0.2, 0) is 5.60 Å². The van der Waals surface area contributed by atoms with Gasteiger partial charge in [-0.1, -0.05) is 6.07 Å². The second kappa shape index (κ2) is 5.54. The lowest BCUT2D eigenvalue weighted by Crippen LogP contribution is -2.41. The lowest BCUT2D eigenvalue weighted by Gasteiger charge is -2.27. The minimum absolute atomic E-state index is 0.0471. The third kappa shape index (κ3) is 2.75. The highest BCUT2D eigenvalue weighted by Gasteiger charge is 2.46. The average Bonchev–Trinajstić information content (AvgIpc) is 3.03. The number of furan rings is 1. The highest BCUT2D eigenvalue weighted by Crippen LogP contribution is 2.46. The Morgan fingerprint density at radius 1 is 1.50 bits per heavy atom. The number of aliphatic hydroxyl groups is 1. The van der Waals surface area contributed by atoms with E-state index in [4.69, 9.17) is 4.42 Å². The van der Waals surface area contributed by atoms with Crippen LogP contribution >= 0.6 is 11.3 Å². The van der Waals surface area contributed by atoms with E-state index in [1.54, 1.807) is 0 Å². The molecule has 1 unspecified atom stereocenters. The van der Waals surface area contributed by atoms with Crippen molar-refractivity contribution >= 4 is 23.1 Å². The van der Waals surface area contributed by atoms with E-state index in [0.717, 1.165) is 23.8 Å². The van der Waals surface area contributed by atoms with Crippen molar-refractivity contribution < 1.29 is 19.2 Å². The van der Waals surface area contributed by atoms with Crippen LogP contribution in [0.1, 0.15) is 28.3 Å². The predicted molar refractivity (Wildman–Crippen MR) is 78.6 cm³/mol. The molecule has 0 aliphatic heterocycles. The van der Waals surface area contributed by atoms with Crippen molar-refractivity contribution in [2.75, 3.05) is 6.54 Å². The van der Waals surface area contributed by atoms with Crippen LogP contribution in [0.4, 0.5) is 5.88 Å². The Hall–Kier alpha value is -2.19. The highest BCUT2D eigenvalue weighted by molar-refractivity contribution is 7.10. The van der Waals surface area contributed by atoms with Crippen molar-refractivity contribution in [1.82, 2.24) is 5.32 Å².